The Bertz CT molecular complexity index is 939. The van der Waals surface area contributed by atoms with Gasteiger partial charge >= 0.3 is 5.97 Å². The number of amides is 2. The van der Waals surface area contributed by atoms with Crippen molar-refractivity contribution in [3.8, 4) is 0 Å². The van der Waals surface area contributed by atoms with Gasteiger partial charge in [-0.3, -0.25) is 14.4 Å². The second-order valence-corrected chi connectivity index (χ2v) is 8.06. The number of hydrogen-bond donors (Lipinski definition) is 1. The lowest BCUT2D eigenvalue weighted by molar-refractivity contribution is -0.157. The van der Waals surface area contributed by atoms with Crippen LogP contribution in [-0.2, 0) is 25.5 Å². The summed E-state index contributed by atoms with van der Waals surface area (Å²) in [5.74, 6) is -1.62. The standard InChI is InChI=1S/C25H30N2O4/c1-4-5-9-19-11-13-21(14-12-19)27-16-20(15-23(27)28)25(30)31-18(3)24(29)26-22-10-7-6-8-17(22)2/h6-8,10-14,18,20H,4-5,9,15-16H2,1-3H3,(H,26,29)/t18-,20-/m0/s1. The van der Waals surface area contributed by atoms with E-state index in [1.165, 1.54) is 12.5 Å². The normalized spacial score (nSPS) is 16.8. The second-order valence-electron chi connectivity index (χ2n) is 8.06. The first-order valence-corrected chi connectivity index (χ1v) is 10.8. The molecule has 0 unspecified atom stereocenters. The van der Waals surface area contributed by atoms with Gasteiger partial charge in [0.25, 0.3) is 5.91 Å². The maximum absolute atomic E-state index is 12.6. The van der Waals surface area contributed by atoms with Crippen LogP contribution >= 0.6 is 0 Å². The van der Waals surface area contributed by atoms with E-state index in [4.69, 9.17) is 4.74 Å². The molecule has 1 aliphatic rings. The summed E-state index contributed by atoms with van der Waals surface area (Å²) >= 11 is 0. The lowest BCUT2D eigenvalue weighted by Gasteiger charge is -2.18. The number of aryl methyl sites for hydroxylation is 2. The number of nitrogens with one attached hydrogen (secondary N) is 1. The van der Waals surface area contributed by atoms with Gasteiger partial charge in [0.15, 0.2) is 6.10 Å². The van der Waals surface area contributed by atoms with E-state index in [0.717, 1.165) is 30.5 Å². The highest BCUT2D eigenvalue weighted by Gasteiger charge is 2.37. The van der Waals surface area contributed by atoms with Crippen molar-refractivity contribution in [3.63, 3.8) is 0 Å². The topological polar surface area (TPSA) is 75.7 Å². The Morgan fingerprint density at radius 1 is 1.16 bits per heavy atom. The lowest BCUT2D eigenvalue weighted by atomic mass is 10.1. The summed E-state index contributed by atoms with van der Waals surface area (Å²) in [5.41, 5.74) is 3.62. The average molecular weight is 423 g/mol. The molecule has 0 bridgehead atoms. The molecule has 2 aromatic rings. The van der Waals surface area contributed by atoms with Crippen LogP contribution in [0.2, 0.25) is 0 Å². The van der Waals surface area contributed by atoms with Crippen molar-refractivity contribution in [1.82, 2.24) is 0 Å². The van der Waals surface area contributed by atoms with Crippen molar-refractivity contribution >= 4 is 29.2 Å². The van der Waals surface area contributed by atoms with Crippen LogP contribution in [0, 0.1) is 12.8 Å². The summed E-state index contributed by atoms with van der Waals surface area (Å²) in [7, 11) is 0. The molecule has 6 nitrogen and oxygen atoms in total. The molecule has 2 aromatic carbocycles. The van der Waals surface area contributed by atoms with Gasteiger partial charge in [0.05, 0.1) is 5.92 Å². The van der Waals surface area contributed by atoms with Gasteiger partial charge in [0.2, 0.25) is 5.91 Å². The molecule has 164 valence electrons. The highest BCUT2D eigenvalue weighted by atomic mass is 16.5. The Morgan fingerprint density at radius 2 is 1.87 bits per heavy atom. The van der Waals surface area contributed by atoms with Gasteiger partial charge in [-0.05, 0) is 56.0 Å². The Morgan fingerprint density at radius 3 is 2.55 bits per heavy atom. The molecule has 2 atom stereocenters. The number of nitrogens with zero attached hydrogens (tertiary/aromatic N) is 1. The molecule has 6 heteroatoms. The number of hydrogen-bond acceptors (Lipinski definition) is 4. The zero-order chi connectivity index (χ0) is 22.4. The SMILES string of the molecule is CCCCc1ccc(N2C[C@@H](C(=O)O[C@@H](C)C(=O)Nc3ccccc3C)CC2=O)cc1. The highest BCUT2D eigenvalue weighted by molar-refractivity contribution is 6.00. The number of rotatable bonds is 8. The van der Waals surface area contributed by atoms with Crippen LogP contribution in [0.1, 0.15) is 44.2 Å². The first kappa shape index (κ1) is 22.5. The van der Waals surface area contributed by atoms with Crippen LogP contribution < -0.4 is 10.2 Å². The van der Waals surface area contributed by atoms with Crippen molar-refractivity contribution < 1.29 is 19.1 Å². The minimum atomic E-state index is -0.950. The van der Waals surface area contributed by atoms with E-state index in [1.807, 2.05) is 49.4 Å². The van der Waals surface area contributed by atoms with Gasteiger partial charge in [0.1, 0.15) is 0 Å². The number of esters is 1. The number of unbranched alkanes of at least 4 members (excludes halogenated alkanes) is 1. The lowest BCUT2D eigenvalue weighted by Crippen LogP contribution is -2.33. The minimum Gasteiger partial charge on any atom is -0.452 e. The maximum atomic E-state index is 12.6. The molecule has 0 saturated carbocycles. The molecule has 2 amide bonds. The third kappa shape index (κ3) is 5.72. The molecule has 1 aliphatic heterocycles. The Balaban J connectivity index is 1.56. The molecule has 1 fully saturated rings. The zero-order valence-corrected chi connectivity index (χ0v) is 18.4. The first-order chi connectivity index (χ1) is 14.9. The monoisotopic (exact) mass is 422 g/mol. The van der Waals surface area contributed by atoms with Crippen LogP contribution in [0.3, 0.4) is 0 Å². The smallest absolute Gasteiger partial charge is 0.312 e. The van der Waals surface area contributed by atoms with Gasteiger partial charge in [-0.2, -0.15) is 0 Å². The first-order valence-electron chi connectivity index (χ1n) is 10.8. The quantitative estimate of drug-likeness (QED) is 0.645. The van der Waals surface area contributed by atoms with E-state index in [9.17, 15) is 14.4 Å². The predicted molar refractivity (Wildman–Crippen MR) is 121 cm³/mol. The fourth-order valence-corrected chi connectivity index (χ4v) is 3.61. The van der Waals surface area contributed by atoms with E-state index in [0.29, 0.717) is 5.69 Å². The fourth-order valence-electron chi connectivity index (χ4n) is 3.61. The average Bonchev–Trinajstić information content (AvgIpc) is 3.16. The summed E-state index contributed by atoms with van der Waals surface area (Å²) in [4.78, 5) is 39.1. The molecule has 0 aliphatic carbocycles. The Hall–Kier alpha value is -3.15. The van der Waals surface area contributed by atoms with Crippen molar-refractivity contribution in [3.05, 3.63) is 59.7 Å². The van der Waals surface area contributed by atoms with Crippen molar-refractivity contribution in [1.29, 1.82) is 0 Å². The van der Waals surface area contributed by atoms with Crippen molar-refractivity contribution in [2.45, 2.75) is 52.6 Å². The summed E-state index contributed by atoms with van der Waals surface area (Å²) in [6, 6.07) is 15.3. The predicted octanol–water partition coefficient (Wildman–Crippen LogP) is 4.26. The minimum absolute atomic E-state index is 0.0859. The molecule has 1 heterocycles. The van der Waals surface area contributed by atoms with E-state index in [1.54, 1.807) is 11.0 Å². The molecule has 1 saturated heterocycles. The number of carbonyl (C=O) groups is 3. The maximum Gasteiger partial charge on any atom is 0.312 e. The van der Waals surface area contributed by atoms with Crippen LogP contribution in [0.15, 0.2) is 48.5 Å². The van der Waals surface area contributed by atoms with Gasteiger partial charge < -0.3 is 15.0 Å². The molecule has 0 aromatic heterocycles. The van der Waals surface area contributed by atoms with E-state index >= 15 is 0 Å². The molecule has 3 rings (SSSR count). The second kappa shape index (κ2) is 10.2. The largest absolute Gasteiger partial charge is 0.452 e. The summed E-state index contributed by atoms with van der Waals surface area (Å²) < 4.78 is 5.37. The van der Waals surface area contributed by atoms with Gasteiger partial charge in [-0.1, -0.05) is 43.7 Å². The molecular weight excluding hydrogens is 392 g/mol. The molecule has 1 N–H and O–H groups in total. The van der Waals surface area contributed by atoms with E-state index < -0.39 is 23.9 Å². The third-order valence-electron chi connectivity index (χ3n) is 5.59. The molecule has 31 heavy (non-hydrogen) atoms. The van der Waals surface area contributed by atoms with Crippen molar-refractivity contribution in [2.24, 2.45) is 5.92 Å². The Labute approximate surface area is 183 Å². The van der Waals surface area contributed by atoms with Gasteiger partial charge in [0, 0.05) is 24.3 Å². The van der Waals surface area contributed by atoms with Crippen LogP contribution in [0.4, 0.5) is 11.4 Å². The van der Waals surface area contributed by atoms with Crippen LogP contribution in [-0.4, -0.2) is 30.4 Å². The molecule has 0 spiro atoms. The number of ether oxygens (including phenoxy) is 1. The number of anilines is 2. The van der Waals surface area contributed by atoms with E-state index in [2.05, 4.69) is 12.2 Å². The molecule has 0 radical (unpaired) electrons. The number of para-hydroxylation sites is 1. The van der Waals surface area contributed by atoms with Gasteiger partial charge in [-0.25, -0.2) is 0 Å². The summed E-state index contributed by atoms with van der Waals surface area (Å²) in [6.07, 6.45) is 2.42. The van der Waals surface area contributed by atoms with Crippen LogP contribution in [0.5, 0.6) is 0 Å². The summed E-state index contributed by atoms with van der Waals surface area (Å²) in [6.45, 7) is 5.85. The highest BCUT2D eigenvalue weighted by Crippen LogP contribution is 2.27. The fraction of sp³-hybridized carbons (Fsp3) is 0.400. The van der Waals surface area contributed by atoms with E-state index in [-0.39, 0.29) is 18.9 Å². The van der Waals surface area contributed by atoms with Crippen LogP contribution in [0.25, 0.3) is 0 Å². The Kier molecular flexibility index (Phi) is 7.45. The van der Waals surface area contributed by atoms with Crippen molar-refractivity contribution in [2.75, 3.05) is 16.8 Å². The molecular formula is C25H30N2O4. The van der Waals surface area contributed by atoms with Gasteiger partial charge in [-0.15, -0.1) is 0 Å². The zero-order valence-electron chi connectivity index (χ0n) is 18.4. The number of benzene rings is 2. The summed E-state index contributed by atoms with van der Waals surface area (Å²) in [5, 5.41) is 2.78. The number of carbonyl (C=O) groups excluding carboxylic acids is 3. The third-order valence-corrected chi connectivity index (χ3v) is 5.59.